The second-order valence-corrected chi connectivity index (χ2v) is 11.6. The molecule has 188 valence electrons. The first-order valence-electron chi connectivity index (χ1n) is 11.8. The molecule has 0 radical (unpaired) electrons. The molecule has 0 fully saturated rings. The molecule has 4 aromatic rings. The van der Waals surface area contributed by atoms with Gasteiger partial charge in [-0.05, 0) is 65.7 Å². The van der Waals surface area contributed by atoms with Crippen molar-refractivity contribution in [1.29, 1.82) is 0 Å². The van der Waals surface area contributed by atoms with Gasteiger partial charge in [0.1, 0.15) is 5.75 Å². The van der Waals surface area contributed by atoms with Gasteiger partial charge in [-0.3, -0.25) is 9.36 Å². The third-order valence-corrected chi connectivity index (χ3v) is 8.30. The molecule has 2 aromatic heterocycles. The number of thiophene rings is 1. The highest BCUT2D eigenvalue weighted by atomic mass is 79.9. The number of carbonyl (C=O) groups is 1. The lowest BCUT2D eigenvalue weighted by Crippen LogP contribution is -2.39. The van der Waals surface area contributed by atoms with Gasteiger partial charge >= 0.3 is 5.97 Å². The van der Waals surface area contributed by atoms with Crippen molar-refractivity contribution in [2.24, 2.45) is 4.99 Å². The maximum Gasteiger partial charge on any atom is 0.338 e. The van der Waals surface area contributed by atoms with Gasteiger partial charge in [0.2, 0.25) is 0 Å². The zero-order chi connectivity index (χ0) is 25.9. The van der Waals surface area contributed by atoms with Crippen LogP contribution in [0, 0.1) is 0 Å². The van der Waals surface area contributed by atoms with E-state index in [0.29, 0.717) is 33.0 Å². The Labute approximate surface area is 230 Å². The molecule has 0 aliphatic carbocycles. The average Bonchev–Trinajstić information content (AvgIpc) is 3.46. The number of hydrogen-bond donors (Lipinski definition) is 0. The zero-order valence-corrected chi connectivity index (χ0v) is 23.4. The number of nitrogens with zero attached hydrogens (tertiary/aromatic N) is 2. The summed E-state index contributed by atoms with van der Waals surface area (Å²) in [5.41, 5.74) is 2.17. The molecule has 6 nitrogen and oxygen atoms in total. The summed E-state index contributed by atoms with van der Waals surface area (Å²) in [6.45, 7) is 4.44. The molecule has 1 aliphatic heterocycles. The van der Waals surface area contributed by atoms with Crippen molar-refractivity contribution in [3.8, 4) is 5.75 Å². The summed E-state index contributed by atoms with van der Waals surface area (Å²) in [6, 6.07) is 20.2. The lowest BCUT2D eigenvalue weighted by molar-refractivity contribution is -0.138. The molecule has 3 heterocycles. The van der Waals surface area contributed by atoms with Crippen LogP contribution in [0.2, 0.25) is 0 Å². The molecule has 0 N–H and O–H groups in total. The number of esters is 1. The SMILES string of the molecule is CCOC(=O)C1=C(c2ccccc2)N=c2s/c(=C/c3ccc(Br)s3)c(=O)n2[C@H]1c1ccc(OCC)cc1. The van der Waals surface area contributed by atoms with Crippen LogP contribution in [0.5, 0.6) is 5.75 Å². The number of carbonyl (C=O) groups excluding carboxylic acids is 1. The number of ether oxygens (including phenoxy) is 2. The molecule has 2 aromatic carbocycles. The Hall–Kier alpha value is -3.27. The van der Waals surface area contributed by atoms with Gasteiger partial charge in [-0.1, -0.05) is 53.8 Å². The number of thiazole rings is 1. The van der Waals surface area contributed by atoms with E-state index in [9.17, 15) is 9.59 Å². The summed E-state index contributed by atoms with van der Waals surface area (Å²) in [4.78, 5) is 33.6. The molecule has 0 bridgehead atoms. The van der Waals surface area contributed by atoms with Crippen LogP contribution in [0.15, 0.2) is 85.9 Å². The van der Waals surface area contributed by atoms with E-state index in [0.717, 1.165) is 19.8 Å². The standard InChI is InChI=1S/C28H23BrN2O4S2/c1-3-34-19-12-10-18(11-13-19)25-23(27(33)35-4-2)24(17-8-6-5-7-9-17)30-28-31(25)26(32)21(37-28)16-20-14-15-22(29)36-20/h5-16,25H,3-4H2,1-2H3/b21-16+/t25-/m0/s1. The van der Waals surface area contributed by atoms with E-state index in [1.54, 1.807) is 22.8 Å². The van der Waals surface area contributed by atoms with Gasteiger partial charge in [0.25, 0.3) is 5.56 Å². The first-order chi connectivity index (χ1) is 18.0. The summed E-state index contributed by atoms with van der Waals surface area (Å²) >= 11 is 6.33. The highest BCUT2D eigenvalue weighted by molar-refractivity contribution is 9.11. The molecule has 0 spiro atoms. The summed E-state index contributed by atoms with van der Waals surface area (Å²) in [5, 5.41) is 0. The highest BCUT2D eigenvalue weighted by Gasteiger charge is 2.35. The third-order valence-electron chi connectivity index (χ3n) is 5.75. The van der Waals surface area contributed by atoms with Crippen molar-refractivity contribution >= 4 is 56.3 Å². The fourth-order valence-corrected chi connectivity index (χ4v) is 6.64. The van der Waals surface area contributed by atoms with Crippen molar-refractivity contribution < 1.29 is 14.3 Å². The maximum absolute atomic E-state index is 13.8. The van der Waals surface area contributed by atoms with E-state index < -0.39 is 12.0 Å². The van der Waals surface area contributed by atoms with E-state index in [2.05, 4.69) is 15.9 Å². The second kappa shape index (κ2) is 11.0. The first kappa shape index (κ1) is 25.4. The number of rotatable bonds is 7. The molecule has 37 heavy (non-hydrogen) atoms. The molecular formula is C28H23BrN2O4S2. The van der Waals surface area contributed by atoms with E-state index in [4.69, 9.17) is 14.5 Å². The van der Waals surface area contributed by atoms with Crippen molar-refractivity contribution in [2.45, 2.75) is 19.9 Å². The Bertz CT molecular complexity index is 1650. The predicted octanol–water partition coefficient (Wildman–Crippen LogP) is 5.16. The molecule has 0 unspecified atom stereocenters. The van der Waals surface area contributed by atoms with Gasteiger partial charge in [0, 0.05) is 10.4 Å². The van der Waals surface area contributed by atoms with Gasteiger partial charge in [0.05, 0.1) is 38.8 Å². The number of halogens is 1. The second-order valence-electron chi connectivity index (χ2n) is 8.08. The largest absolute Gasteiger partial charge is 0.494 e. The summed E-state index contributed by atoms with van der Waals surface area (Å²) in [7, 11) is 0. The Kier molecular flexibility index (Phi) is 7.55. The fourth-order valence-electron chi connectivity index (χ4n) is 4.20. The number of benzene rings is 2. The minimum absolute atomic E-state index is 0.206. The Morgan fingerprint density at radius 3 is 2.43 bits per heavy atom. The summed E-state index contributed by atoms with van der Waals surface area (Å²) < 4.78 is 14.3. The smallest absolute Gasteiger partial charge is 0.338 e. The Morgan fingerprint density at radius 2 is 1.78 bits per heavy atom. The molecule has 0 amide bonds. The van der Waals surface area contributed by atoms with Crippen LogP contribution in [-0.2, 0) is 9.53 Å². The minimum atomic E-state index is -0.710. The first-order valence-corrected chi connectivity index (χ1v) is 14.2. The van der Waals surface area contributed by atoms with Gasteiger partial charge in [0.15, 0.2) is 4.80 Å². The average molecular weight is 596 g/mol. The van der Waals surface area contributed by atoms with Crippen LogP contribution in [0.4, 0.5) is 0 Å². The normalized spacial score (nSPS) is 15.3. The quantitative estimate of drug-likeness (QED) is 0.277. The van der Waals surface area contributed by atoms with Crippen LogP contribution < -0.4 is 19.6 Å². The molecule has 9 heteroatoms. The van der Waals surface area contributed by atoms with Crippen molar-refractivity contribution in [3.05, 3.63) is 112 Å². The highest BCUT2D eigenvalue weighted by Crippen LogP contribution is 2.35. The monoisotopic (exact) mass is 594 g/mol. The van der Waals surface area contributed by atoms with Gasteiger partial charge in [-0.25, -0.2) is 9.79 Å². The van der Waals surface area contributed by atoms with Gasteiger partial charge in [-0.15, -0.1) is 11.3 Å². The Morgan fingerprint density at radius 1 is 1.03 bits per heavy atom. The van der Waals surface area contributed by atoms with Crippen LogP contribution in [0.1, 0.15) is 35.9 Å². The van der Waals surface area contributed by atoms with Crippen molar-refractivity contribution in [1.82, 2.24) is 4.57 Å². The molecule has 5 rings (SSSR count). The topological polar surface area (TPSA) is 69.9 Å². The summed E-state index contributed by atoms with van der Waals surface area (Å²) in [5.74, 6) is 0.215. The third kappa shape index (κ3) is 5.12. The van der Waals surface area contributed by atoms with Crippen molar-refractivity contribution in [2.75, 3.05) is 13.2 Å². The summed E-state index contributed by atoms with van der Waals surface area (Å²) in [6.07, 6.45) is 1.87. The molecular weight excluding hydrogens is 572 g/mol. The van der Waals surface area contributed by atoms with Gasteiger partial charge in [-0.2, -0.15) is 0 Å². The van der Waals surface area contributed by atoms with E-state index in [1.807, 2.05) is 79.7 Å². The molecule has 0 saturated carbocycles. The van der Waals surface area contributed by atoms with Crippen LogP contribution in [0.25, 0.3) is 11.8 Å². The van der Waals surface area contributed by atoms with Crippen LogP contribution in [0.3, 0.4) is 0 Å². The lowest BCUT2D eigenvalue weighted by Gasteiger charge is -2.26. The van der Waals surface area contributed by atoms with E-state index in [1.165, 1.54) is 11.3 Å². The fraction of sp³-hybridized carbons (Fsp3) is 0.179. The van der Waals surface area contributed by atoms with Gasteiger partial charge < -0.3 is 9.47 Å². The van der Waals surface area contributed by atoms with Crippen molar-refractivity contribution in [3.63, 3.8) is 0 Å². The van der Waals surface area contributed by atoms with Crippen LogP contribution >= 0.6 is 38.6 Å². The van der Waals surface area contributed by atoms with E-state index in [-0.39, 0.29) is 12.2 Å². The van der Waals surface area contributed by atoms with Crippen LogP contribution in [-0.4, -0.2) is 23.8 Å². The maximum atomic E-state index is 13.8. The number of hydrogen-bond acceptors (Lipinski definition) is 7. The zero-order valence-electron chi connectivity index (χ0n) is 20.1. The molecule has 1 aliphatic rings. The molecule has 1 atom stereocenters. The lowest BCUT2D eigenvalue weighted by atomic mass is 9.93. The number of fused-ring (bicyclic) bond motifs is 1. The van der Waals surface area contributed by atoms with E-state index >= 15 is 0 Å². The molecule has 0 saturated heterocycles. The predicted molar refractivity (Wildman–Crippen MR) is 151 cm³/mol. The number of aromatic nitrogens is 1. The Balaban J connectivity index is 1.80. The minimum Gasteiger partial charge on any atom is -0.494 e.